The number of primary amides is 1. The third-order valence-corrected chi connectivity index (χ3v) is 2.41. The number of hydrogen-bond donors (Lipinski definition) is 3. The summed E-state index contributed by atoms with van der Waals surface area (Å²) in [4.78, 5) is 10.5. The largest absolute Gasteiger partial charge is 0.383 e. The fraction of sp³-hybridized carbons (Fsp3) is 0.909. The molecule has 1 unspecified atom stereocenters. The smallest absolute Gasteiger partial charge is 0.217 e. The van der Waals surface area contributed by atoms with Gasteiger partial charge in [0.05, 0.1) is 6.61 Å². The van der Waals surface area contributed by atoms with Crippen LogP contribution in [0.5, 0.6) is 0 Å². The Balaban J connectivity index is 3.47. The fourth-order valence-electron chi connectivity index (χ4n) is 1.54. The predicted molar refractivity (Wildman–Crippen MR) is 65.0 cm³/mol. The number of hydrogen-bond acceptors (Lipinski definition) is 4. The molecule has 5 nitrogen and oxygen atoms in total. The summed E-state index contributed by atoms with van der Waals surface area (Å²) >= 11 is 0. The molecule has 0 aliphatic rings. The molecule has 96 valence electrons. The third-order valence-electron chi connectivity index (χ3n) is 2.41. The summed E-state index contributed by atoms with van der Waals surface area (Å²) in [6, 6.07) is 0.363. The Hall–Kier alpha value is -0.650. The Morgan fingerprint density at radius 2 is 2.12 bits per heavy atom. The van der Waals surface area contributed by atoms with Crippen molar-refractivity contribution in [1.82, 2.24) is 5.32 Å². The first kappa shape index (κ1) is 15.3. The molecular formula is C11H25N3O2. The van der Waals surface area contributed by atoms with Gasteiger partial charge in [-0.2, -0.15) is 0 Å². The van der Waals surface area contributed by atoms with Crippen molar-refractivity contribution in [2.45, 2.75) is 38.1 Å². The second-order valence-corrected chi connectivity index (χ2v) is 3.96. The van der Waals surface area contributed by atoms with Gasteiger partial charge in [-0.15, -0.1) is 0 Å². The second kappa shape index (κ2) is 10.9. The number of unbranched alkanes of at least 4 members (excludes halogenated alkanes) is 1. The van der Waals surface area contributed by atoms with E-state index in [1.54, 1.807) is 7.11 Å². The van der Waals surface area contributed by atoms with Crippen LogP contribution in [0.1, 0.15) is 32.1 Å². The van der Waals surface area contributed by atoms with Crippen LogP contribution in [0.4, 0.5) is 0 Å². The van der Waals surface area contributed by atoms with Crippen LogP contribution in [-0.4, -0.2) is 38.8 Å². The molecule has 0 aromatic heterocycles. The van der Waals surface area contributed by atoms with Gasteiger partial charge < -0.3 is 21.5 Å². The standard InChI is InChI=1S/C11H25N3O2/c1-16-9-10(5-4-7-12)14-8-3-2-6-11(13)15/h10,14H,2-9,12H2,1H3,(H2,13,15). The lowest BCUT2D eigenvalue weighted by molar-refractivity contribution is -0.118. The molecule has 1 amide bonds. The molecule has 0 aliphatic carbocycles. The van der Waals surface area contributed by atoms with E-state index in [1.807, 2.05) is 0 Å². The van der Waals surface area contributed by atoms with Crippen molar-refractivity contribution < 1.29 is 9.53 Å². The number of methoxy groups -OCH3 is 1. The Labute approximate surface area is 97.9 Å². The van der Waals surface area contributed by atoms with Crippen LogP contribution >= 0.6 is 0 Å². The average molecular weight is 231 g/mol. The Morgan fingerprint density at radius 1 is 1.38 bits per heavy atom. The summed E-state index contributed by atoms with van der Waals surface area (Å²) < 4.78 is 5.12. The topological polar surface area (TPSA) is 90.4 Å². The fourth-order valence-corrected chi connectivity index (χ4v) is 1.54. The van der Waals surface area contributed by atoms with Crippen molar-refractivity contribution in [2.24, 2.45) is 11.5 Å². The summed E-state index contributed by atoms with van der Waals surface area (Å²) in [6.45, 7) is 2.31. The Morgan fingerprint density at radius 3 is 2.69 bits per heavy atom. The SMILES string of the molecule is COCC(CCCN)NCCCCC(N)=O. The molecule has 0 aliphatic heterocycles. The van der Waals surface area contributed by atoms with E-state index in [0.717, 1.165) is 32.2 Å². The molecule has 1 atom stereocenters. The van der Waals surface area contributed by atoms with Gasteiger partial charge in [-0.3, -0.25) is 4.79 Å². The molecule has 0 spiro atoms. The minimum atomic E-state index is -0.225. The molecule has 0 rings (SSSR count). The minimum absolute atomic E-state index is 0.225. The molecule has 0 saturated heterocycles. The normalized spacial score (nSPS) is 12.6. The van der Waals surface area contributed by atoms with Crippen LogP contribution in [-0.2, 0) is 9.53 Å². The zero-order valence-corrected chi connectivity index (χ0v) is 10.2. The van der Waals surface area contributed by atoms with Crippen LogP contribution in [0, 0.1) is 0 Å². The Bertz CT molecular complexity index is 177. The van der Waals surface area contributed by atoms with E-state index in [9.17, 15) is 4.79 Å². The first-order chi connectivity index (χ1) is 7.70. The number of rotatable bonds is 11. The van der Waals surface area contributed by atoms with E-state index < -0.39 is 0 Å². The molecule has 16 heavy (non-hydrogen) atoms. The predicted octanol–water partition coefficient (Wildman–Crippen LogP) is -0.0145. The van der Waals surface area contributed by atoms with Crippen LogP contribution in [0.25, 0.3) is 0 Å². The van der Waals surface area contributed by atoms with Gasteiger partial charge in [0.1, 0.15) is 0 Å². The van der Waals surface area contributed by atoms with Crippen molar-refractivity contribution in [3.63, 3.8) is 0 Å². The molecule has 0 bridgehead atoms. The summed E-state index contributed by atoms with van der Waals surface area (Å²) in [6.07, 6.45) is 4.31. The minimum Gasteiger partial charge on any atom is -0.383 e. The first-order valence-corrected chi connectivity index (χ1v) is 5.91. The maximum Gasteiger partial charge on any atom is 0.217 e. The number of amides is 1. The van der Waals surface area contributed by atoms with Gasteiger partial charge in [0.15, 0.2) is 0 Å². The van der Waals surface area contributed by atoms with Crippen molar-refractivity contribution in [1.29, 1.82) is 0 Å². The van der Waals surface area contributed by atoms with Crippen LogP contribution in [0.2, 0.25) is 0 Å². The molecule has 0 heterocycles. The number of ether oxygens (including phenoxy) is 1. The highest BCUT2D eigenvalue weighted by Gasteiger charge is 2.06. The molecule has 0 saturated carbocycles. The quantitative estimate of drug-likeness (QED) is 0.436. The molecule has 0 aromatic rings. The monoisotopic (exact) mass is 231 g/mol. The lowest BCUT2D eigenvalue weighted by Crippen LogP contribution is -2.34. The van der Waals surface area contributed by atoms with Gasteiger partial charge in [-0.05, 0) is 38.8 Å². The van der Waals surface area contributed by atoms with E-state index in [-0.39, 0.29) is 5.91 Å². The molecule has 0 aromatic carbocycles. The summed E-state index contributed by atoms with van der Waals surface area (Å²) in [7, 11) is 1.70. The summed E-state index contributed by atoms with van der Waals surface area (Å²) in [5, 5.41) is 3.40. The summed E-state index contributed by atoms with van der Waals surface area (Å²) in [5.41, 5.74) is 10.5. The van der Waals surface area contributed by atoms with Crippen molar-refractivity contribution >= 4 is 5.91 Å². The third kappa shape index (κ3) is 9.89. The van der Waals surface area contributed by atoms with Crippen LogP contribution in [0.3, 0.4) is 0 Å². The number of carbonyl (C=O) groups excluding carboxylic acids is 1. The molecule has 0 radical (unpaired) electrons. The zero-order valence-electron chi connectivity index (χ0n) is 10.2. The molecule has 0 fully saturated rings. The average Bonchev–Trinajstić information content (AvgIpc) is 2.24. The maximum absolute atomic E-state index is 10.5. The van der Waals surface area contributed by atoms with E-state index in [0.29, 0.717) is 25.6 Å². The van der Waals surface area contributed by atoms with Gasteiger partial charge in [-0.25, -0.2) is 0 Å². The van der Waals surface area contributed by atoms with Crippen molar-refractivity contribution in [3.8, 4) is 0 Å². The van der Waals surface area contributed by atoms with Crippen LogP contribution < -0.4 is 16.8 Å². The van der Waals surface area contributed by atoms with Crippen LogP contribution in [0.15, 0.2) is 0 Å². The zero-order chi connectivity index (χ0) is 12.2. The van der Waals surface area contributed by atoms with E-state index in [2.05, 4.69) is 5.32 Å². The first-order valence-electron chi connectivity index (χ1n) is 5.91. The summed E-state index contributed by atoms with van der Waals surface area (Å²) in [5.74, 6) is -0.225. The van der Waals surface area contributed by atoms with Gasteiger partial charge in [-0.1, -0.05) is 0 Å². The molecule has 5 heteroatoms. The maximum atomic E-state index is 10.5. The van der Waals surface area contributed by atoms with E-state index in [1.165, 1.54) is 0 Å². The van der Waals surface area contributed by atoms with Gasteiger partial charge >= 0.3 is 0 Å². The van der Waals surface area contributed by atoms with Gasteiger partial charge in [0, 0.05) is 19.6 Å². The Kier molecular flexibility index (Phi) is 10.4. The van der Waals surface area contributed by atoms with Gasteiger partial charge in [0.25, 0.3) is 0 Å². The molecule has 5 N–H and O–H groups in total. The number of nitrogens with two attached hydrogens (primary N) is 2. The second-order valence-electron chi connectivity index (χ2n) is 3.96. The lowest BCUT2D eigenvalue weighted by Gasteiger charge is -2.17. The molecular weight excluding hydrogens is 206 g/mol. The number of nitrogens with one attached hydrogen (secondary N) is 1. The highest BCUT2D eigenvalue weighted by molar-refractivity contribution is 5.73. The highest BCUT2D eigenvalue weighted by atomic mass is 16.5. The lowest BCUT2D eigenvalue weighted by atomic mass is 10.1. The van der Waals surface area contributed by atoms with Crippen molar-refractivity contribution in [2.75, 3.05) is 26.8 Å². The van der Waals surface area contributed by atoms with Crippen molar-refractivity contribution in [3.05, 3.63) is 0 Å². The van der Waals surface area contributed by atoms with E-state index >= 15 is 0 Å². The van der Waals surface area contributed by atoms with Gasteiger partial charge in [0.2, 0.25) is 5.91 Å². The van der Waals surface area contributed by atoms with E-state index in [4.69, 9.17) is 16.2 Å². The number of carbonyl (C=O) groups is 1. The highest BCUT2D eigenvalue weighted by Crippen LogP contribution is 1.99.